The molecule has 0 unspecified atom stereocenters. The lowest BCUT2D eigenvalue weighted by Gasteiger charge is -2.17. The standard InChI is InChI=1S/C11H12N2.C2H4O2/c1-2-11-12-8-9-13(11)10-6-4-3-5-7-10;1-2(3)4/h2-7H,1,8-9H2;1H3,(H,3,4). The predicted octanol–water partition coefficient (Wildman–Crippen LogP) is 2.18. The van der Waals surface area contributed by atoms with Gasteiger partial charge in [-0.25, -0.2) is 0 Å². The van der Waals surface area contributed by atoms with E-state index < -0.39 is 5.97 Å². The molecule has 0 saturated carbocycles. The van der Waals surface area contributed by atoms with Gasteiger partial charge >= 0.3 is 0 Å². The number of hydrogen-bond donors (Lipinski definition) is 1. The molecule has 0 atom stereocenters. The summed E-state index contributed by atoms with van der Waals surface area (Å²) in [6, 6.07) is 10.3. The molecule has 0 bridgehead atoms. The van der Waals surface area contributed by atoms with Crippen LogP contribution in [0.2, 0.25) is 0 Å². The maximum Gasteiger partial charge on any atom is 0.300 e. The van der Waals surface area contributed by atoms with Crippen LogP contribution in [0.3, 0.4) is 0 Å². The van der Waals surface area contributed by atoms with Gasteiger partial charge in [-0.2, -0.15) is 0 Å². The second-order valence-electron chi connectivity index (χ2n) is 3.45. The molecule has 2 rings (SSSR count). The number of carboxylic acid groups (broad SMARTS) is 1. The van der Waals surface area contributed by atoms with Crippen molar-refractivity contribution in [2.24, 2.45) is 4.99 Å². The van der Waals surface area contributed by atoms with Gasteiger partial charge in [0.05, 0.1) is 6.54 Å². The fourth-order valence-electron chi connectivity index (χ4n) is 1.51. The van der Waals surface area contributed by atoms with E-state index in [1.54, 1.807) is 6.08 Å². The quantitative estimate of drug-likeness (QED) is 0.850. The average Bonchev–Trinajstić information content (AvgIpc) is 2.77. The Balaban J connectivity index is 0.000000317. The normalized spacial score (nSPS) is 13.5. The van der Waals surface area contributed by atoms with E-state index in [1.165, 1.54) is 5.69 Å². The summed E-state index contributed by atoms with van der Waals surface area (Å²) >= 11 is 0. The Labute approximate surface area is 101 Å². The zero-order valence-electron chi connectivity index (χ0n) is 9.84. The summed E-state index contributed by atoms with van der Waals surface area (Å²) in [4.78, 5) is 15.5. The number of amidine groups is 1. The van der Waals surface area contributed by atoms with Crippen LogP contribution in [-0.4, -0.2) is 30.0 Å². The number of rotatable bonds is 2. The maximum atomic E-state index is 9.00. The van der Waals surface area contributed by atoms with Crippen LogP contribution < -0.4 is 4.90 Å². The van der Waals surface area contributed by atoms with Gasteiger partial charge in [-0.1, -0.05) is 24.8 Å². The molecule has 0 saturated heterocycles. The highest BCUT2D eigenvalue weighted by Crippen LogP contribution is 2.16. The van der Waals surface area contributed by atoms with Gasteiger partial charge in [0.15, 0.2) is 0 Å². The van der Waals surface area contributed by atoms with Crippen LogP contribution in [0.15, 0.2) is 48.0 Å². The van der Waals surface area contributed by atoms with Crippen molar-refractivity contribution >= 4 is 17.5 Å². The molecule has 0 fully saturated rings. The lowest BCUT2D eigenvalue weighted by atomic mass is 10.3. The van der Waals surface area contributed by atoms with Gasteiger partial charge in [0.25, 0.3) is 5.97 Å². The van der Waals surface area contributed by atoms with Crippen molar-refractivity contribution in [2.45, 2.75) is 6.92 Å². The first-order chi connectivity index (χ1) is 8.15. The number of aliphatic imine (C=N–C) groups is 1. The van der Waals surface area contributed by atoms with Crippen LogP contribution in [0.25, 0.3) is 0 Å². The Bertz CT molecular complexity index is 409. The minimum absolute atomic E-state index is 0.833. The highest BCUT2D eigenvalue weighted by Gasteiger charge is 2.14. The predicted molar refractivity (Wildman–Crippen MR) is 69.6 cm³/mol. The van der Waals surface area contributed by atoms with Gasteiger partial charge in [0.1, 0.15) is 5.84 Å². The second kappa shape index (κ2) is 6.48. The summed E-state index contributed by atoms with van der Waals surface area (Å²) in [5.74, 6) is 0.145. The van der Waals surface area contributed by atoms with Crippen molar-refractivity contribution in [1.29, 1.82) is 0 Å². The van der Waals surface area contributed by atoms with Crippen LogP contribution in [-0.2, 0) is 4.79 Å². The third-order valence-corrected chi connectivity index (χ3v) is 2.12. The van der Waals surface area contributed by atoms with Gasteiger partial charge in [-0.05, 0) is 18.2 Å². The SMILES string of the molecule is C=CC1=NCCN1c1ccccc1.CC(=O)O. The third-order valence-electron chi connectivity index (χ3n) is 2.12. The van der Waals surface area contributed by atoms with Crippen molar-refractivity contribution in [3.05, 3.63) is 43.0 Å². The molecule has 1 aromatic rings. The highest BCUT2D eigenvalue weighted by molar-refractivity contribution is 6.06. The number of benzene rings is 1. The smallest absolute Gasteiger partial charge is 0.300 e. The lowest BCUT2D eigenvalue weighted by molar-refractivity contribution is -0.134. The minimum Gasteiger partial charge on any atom is -0.481 e. The van der Waals surface area contributed by atoms with Gasteiger partial charge in [0.2, 0.25) is 0 Å². The van der Waals surface area contributed by atoms with Crippen LogP contribution >= 0.6 is 0 Å². The molecule has 0 aliphatic carbocycles. The zero-order chi connectivity index (χ0) is 12.7. The monoisotopic (exact) mass is 232 g/mol. The number of para-hydroxylation sites is 1. The fourth-order valence-corrected chi connectivity index (χ4v) is 1.51. The van der Waals surface area contributed by atoms with Crippen molar-refractivity contribution in [3.8, 4) is 0 Å². The summed E-state index contributed by atoms with van der Waals surface area (Å²) in [5, 5.41) is 7.42. The molecule has 0 aromatic heterocycles. The Morgan fingerprint density at radius 1 is 1.47 bits per heavy atom. The fraction of sp³-hybridized carbons (Fsp3) is 0.231. The first kappa shape index (κ1) is 13.0. The molecule has 0 radical (unpaired) electrons. The molecular formula is C13H16N2O2. The maximum absolute atomic E-state index is 9.00. The first-order valence-electron chi connectivity index (χ1n) is 5.34. The number of carboxylic acids is 1. The van der Waals surface area contributed by atoms with Crippen LogP contribution in [0.5, 0.6) is 0 Å². The number of carbonyl (C=O) groups is 1. The van der Waals surface area contributed by atoms with Gasteiger partial charge in [-0.15, -0.1) is 0 Å². The van der Waals surface area contributed by atoms with E-state index in [4.69, 9.17) is 9.90 Å². The Hall–Kier alpha value is -2.10. The molecule has 1 N–H and O–H groups in total. The summed E-state index contributed by atoms with van der Waals surface area (Å²) in [5.41, 5.74) is 1.19. The van der Waals surface area contributed by atoms with Crippen LogP contribution in [0, 0.1) is 0 Å². The lowest BCUT2D eigenvalue weighted by Crippen LogP contribution is -2.25. The molecule has 17 heavy (non-hydrogen) atoms. The van der Waals surface area contributed by atoms with Crippen molar-refractivity contribution in [2.75, 3.05) is 18.0 Å². The highest BCUT2D eigenvalue weighted by atomic mass is 16.4. The van der Waals surface area contributed by atoms with Crippen LogP contribution in [0.1, 0.15) is 6.92 Å². The molecule has 90 valence electrons. The molecular weight excluding hydrogens is 216 g/mol. The molecule has 1 aliphatic heterocycles. The summed E-state index contributed by atoms with van der Waals surface area (Å²) in [6.45, 7) is 6.66. The second-order valence-corrected chi connectivity index (χ2v) is 3.45. The number of aliphatic carboxylic acids is 1. The number of nitrogens with zero attached hydrogens (tertiary/aromatic N) is 2. The zero-order valence-corrected chi connectivity index (χ0v) is 9.84. The Kier molecular flexibility index (Phi) is 4.94. The van der Waals surface area contributed by atoms with E-state index >= 15 is 0 Å². The molecule has 1 aliphatic rings. The van der Waals surface area contributed by atoms with Crippen molar-refractivity contribution < 1.29 is 9.90 Å². The summed E-state index contributed by atoms with van der Waals surface area (Å²) < 4.78 is 0. The molecule has 1 aromatic carbocycles. The molecule has 0 amide bonds. The average molecular weight is 232 g/mol. The topological polar surface area (TPSA) is 52.9 Å². The van der Waals surface area contributed by atoms with E-state index in [-0.39, 0.29) is 0 Å². The van der Waals surface area contributed by atoms with Crippen molar-refractivity contribution in [1.82, 2.24) is 0 Å². The first-order valence-corrected chi connectivity index (χ1v) is 5.34. The van der Waals surface area contributed by atoms with Crippen molar-refractivity contribution in [3.63, 3.8) is 0 Å². The number of hydrogen-bond acceptors (Lipinski definition) is 3. The van der Waals surface area contributed by atoms with Gasteiger partial charge in [0, 0.05) is 19.2 Å². The molecule has 0 spiro atoms. The summed E-state index contributed by atoms with van der Waals surface area (Å²) in [6.07, 6.45) is 1.81. The minimum atomic E-state index is -0.833. The van der Waals surface area contributed by atoms with E-state index in [9.17, 15) is 0 Å². The van der Waals surface area contributed by atoms with Gasteiger partial charge in [-0.3, -0.25) is 9.79 Å². The van der Waals surface area contributed by atoms with Crippen LogP contribution in [0.4, 0.5) is 5.69 Å². The third kappa shape index (κ3) is 4.10. The Morgan fingerprint density at radius 2 is 2.06 bits per heavy atom. The van der Waals surface area contributed by atoms with E-state index in [2.05, 4.69) is 28.6 Å². The number of anilines is 1. The largest absolute Gasteiger partial charge is 0.481 e. The van der Waals surface area contributed by atoms with E-state index in [0.717, 1.165) is 25.8 Å². The molecule has 4 nitrogen and oxygen atoms in total. The summed E-state index contributed by atoms with van der Waals surface area (Å²) in [7, 11) is 0. The molecule has 4 heteroatoms. The van der Waals surface area contributed by atoms with E-state index in [1.807, 2.05) is 18.2 Å². The Morgan fingerprint density at radius 3 is 2.59 bits per heavy atom. The molecule has 1 heterocycles. The van der Waals surface area contributed by atoms with Gasteiger partial charge < -0.3 is 10.0 Å². The van der Waals surface area contributed by atoms with E-state index in [0.29, 0.717) is 0 Å².